The third kappa shape index (κ3) is 4.63. The van der Waals surface area contributed by atoms with Gasteiger partial charge in [-0.15, -0.1) is 0 Å². The first-order valence-corrected chi connectivity index (χ1v) is 11.6. The van der Waals surface area contributed by atoms with Gasteiger partial charge in [0.1, 0.15) is 6.54 Å². The monoisotopic (exact) mass is 529 g/mol. The number of nitrogens with zero attached hydrogens (tertiary/aromatic N) is 2. The van der Waals surface area contributed by atoms with Crippen molar-refractivity contribution < 1.29 is 28.7 Å². The second kappa shape index (κ2) is 9.84. The van der Waals surface area contributed by atoms with Crippen LogP contribution in [0.3, 0.4) is 0 Å². The lowest BCUT2D eigenvalue weighted by Gasteiger charge is -2.32. The molecule has 10 heteroatoms. The van der Waals surface area contributed by atoms with Crippen LogP contribution < -0.4 is 14.8 Å². The standard InChI is InChI=1S/C24H24BrN3O6/c1-33-19-6-3-14(11-20(19)34-2)22(30)27-9-7-16(8-10-27)26-21(29)13-28-23(31)17-5-4-15(25)12-18(17)24(28)32/h3-6,11-12,16H,7-10,13H2,1-2H3,(H,26,29). The number of rotatable bonds is 6. The number of amides is 4. The molecule has 1 saturated heterocycles. The van der Waals surface area contributed by atoms with E-state index in [4.69, 9.17) is 9.47 Å². The van der Waals surface area contributed by atoms with Crippen molar-refractivity contribution in [1.82, 2.24) is 15.1 Å². The molecular formula is C24H24BrN3O6. The molecule has 0 unspecified atom stereocenters. The summed E-state index contributed by atoms with van der Waals surface area (Å²) in [4.78, 5) is 53.3. The molecule has 9 nitrogen and oxygen atoms in total. The van der Waals surface area contributed by atoms with Crippen molar-refractivity contribution in [2.24, 2.45) is 0 Å². The predicted molar refractivity (Wildman–Crippen MR) is 126 cm³/mol. The normalized spacial score (nSPS) is 15.9. The molecule has 178 valence electrons. The molecule has 2 aliphatic rings. The number of ether oxygens (including phenoxy) is 2. The Kier molecular flexibility index (Phi) is 6.87. The van der Waals surface area contributed by atoms with Crippen LogP contribution in [0.5, 0.6) is 11.5 Å². The van der Waals surface area contributed by atoms with Crippen molar-refractivity contribution in [3.63, 3.8) is 0 Å². The smallest absolute Gasteiger partial charge is 0.262 e. The molecule has 4 rings (SSSR count). The van der Waals surface area contributed by atoms with Crippen molar-refractivity contribution in [3.05, 3.63) is 57.6 Å². The second-order valence-electron chi connectivity index (χ2n) is 8.09. The lowest BCUT2D eigenvalue weighted by Crippen LogP contribution is -2.49. The summed E-state index contributed by atoms with van der Waals surface area (Å²) in [6.07, 6.45) is 1.14. The Hall–Kier alpha value is -3.40. The minimum absolute atomic E-state index is 0.122. The van der Waals surface area contributed by atoms with Gasteiger partial charge in [0.15, 0.2) is 11.5 Å². The molecule has 34 heavy (non-hydrogen) atoms. The maximum Gasteiger partial charge on any atom is 0.262 e. The van der Waals surface area contributed by atoms with Crippen molar-refractivity contribution in [2.75, 3.05) is 33.9 Å². The molecule has 4 amide bonds. The molecule has 0 saturated carbocycles. The van der Waals surface area contributed by atoms with Gasteiger partial charge in [-0.1, -0.05) is 15.9 Å². The summed E-state index contributed by atoms with van der Waals surface area (Å²) in [5, 5.41) is 2.89. The summed E-state index contributed by atoms with van der Waals surface area (Å²) < 4.78 is 11.2. The number of methoxy groups -OCH3 is 2. The van der Waals surface area contributed by atoms with Gasteiger partial charge in [-0.2, -0.15) is 0 Å². The third-order valence-electron chi connectivity index (χ3n) is 6.01. The molecule has 2 aromatic carbocycles. The largest absolute Gasteiger partial charge is 0.493 e. The van der Waals surface area contributed by atoms with Crippen molar-refractivity contribution in [3.8, 4) is 11.5 Å². The van der Waals surface area contributed by atoms with Gasteiger partial charge in [0.05, 0.1) is 25.3 Å². The van der Waals surface area contributed by atoms with Crippen LogP contribution in [0.15, 0.2) is 40.9 Å². The molecular weight excluding hydrogens is 506 g/mol. The van der Waals surface area contributed by atoms with Crippen molar-refractivity contribution in [1.29, 1.82) is 0 Å². The Bertz CT molecular complexity index is 1160. The van der Waals surface area contributed by atoms with Crippen molar-refractivity contribution >= 4 is 39.6 Å². The first kappa shape index (κ1) is 23.7. The van der Waals surface area contributed by atoms with Gasteiger partial charge in [-0.25, -0.2) is 0 Å². The molecule has 2 aromatic rings. The number of likely N-dealkylation sites (tertiary alicyclic amines) is 1. The van der Waals surface area contributed by atoms with Gasteiger partial charge in [-0.05, 0) is 49.2 Å². The van der Waals surface area contributed by atoms with Gasteiger partial charge >= 0.3 is 0 Å². The highest BCUT2D eigenvalue weighted by molar-refractivity contribution is 9.10. The maximum absolute atomic E-state index is 12.9. The van der Waals surface area contributed by atoms with Gasteiger partial charge in [0.2, 0.25) is 5.91 Å². The van der Waals surface area contributed by atoms with Gasteiger partial charge in [0, 0.05) is 29.2 Å². The van der Waals surface area contributed by atoms with E-state index < -0.39 is 17.7 Å². The summed E-state index contributed by atoms with van der Waals surface area (Å²) in [6.45, 7) is 0.604. The summed E-state index contributed by atoms with van der Waals surface area (Å²) in [5.41, 5.74) is 1.08. The molecule has 0 spiro atoms. The zero-order valence-electron chi connectivity index (χ0n) is 18.8. The Morgan fingerprint density at radius 3 is 2.32 bits per heavy atom. The highest BCUT2D eigenvalue weighted by atomic mass is 79.9. The fourth-order valence-corrected chi connectivity index (χ4v) is 4.56. The Morgan fingerprint density at radius 1 is 0.971 bits per heavy atom. The quantitative estimate of drug-likeness (QED) is 0.576. The van der Waals surface area contributed by atoms with Gasteiger partial charge in [-0.3, -0.25) is 24.1 Å². The minimum atomic E-state index is -0.480. The number of carbonyl (C=O) groups excluding carboxylic acids is 4. The lowest BCUT2D eigenvalue weighted by molar-refractivity contribution is -0.122. The highest BCUT2D eigenvalue weighted by Gasteiger charge is 2.37. The van der Waals surface area contributed by atoms with Crippen LogP contribution in [0.2, 0.25) is 0 Å². The Morgan fingerprint density at radius 2 is 1.65 bits per heavy atom. The molecule has 2 heterocycles. The SMILES string of the molecule is COc1ccc(C(=O)N2CCC(NC(=O)CN3C(=O)c4ccc(Br)cc4C3=O)CC2)cc1OC. The van der Waals surface area contributed by atoms with Crippen molar-refractivity contribution in [2.45, 2.75) is 18.9 Å². The number of imide groups is 1. The number of hydrogen-bond donors (Lipinski definition) is 1. The molecule has 0 radical (unpaired) electrons. The average molecular weight is 530 g/mol. The van der Waals surface area contributed by atoms with Gasteiger partial charge in [0.25, 0.3) is 17.7 Å². The van der Waals surface area contributed by atoms with Crippen LogP contribution in [0, 0.1) is 0 Å². The topological polar surface area (TPSA) is 105 Å². The van der Waals surface area contributed by atoms with E-state index in [1.165, 1.54) is 14.2 Å². The number of benzene rings is 2. The third-order valence-corrected chi connectivity index (χ3v) is 6.51. The number of carbonyl (C=O) groups is 4. The van der Waals surface area contributed by atoms with E-state index >= 15 is 0 Å². The second-order valence-corrected chi connectivity index (χ2v) is 9.01. The fraction of sp³-hybridized carbons (Fsp3) is 0.333. The summed E-state index contributed by atoms with van der Waals surface area (Å²) >= 11 is 3.29. The minimum Gasteiger partial charge on any atom is -0.493 e. The van der Waals surface area contributed by atoms with Gasteiger partial charge < -0.3 is 19.7 Å². The van der Waals surface area contributed by atoms with E-state index in [2.05, 4.69) is 21.2 Å². The molecule has 0 bridgehead atoms. The highest BCUT2D eigenvalue weighted by Crippen LogP contribution is 2.29. The zero-order valence-corrected chi connectivity index (χ0v) is 20.4. The zero-order chi connectivity index (χ0) is 24.4. The molecule has 1 fully saturated rings. The Labute approximate surface area is 205 Å². The molecule has 0 atom stereocenters. The van der Waals surface area contributed by atoms with Crippen LogP contribution in [-0.4, -0.2) is 73.3 Å². The lowest BCUT2D eigenvalue weighted by atomic mass is 10.0. The average Bonchev–Trinajstić information content (AvgIpc) is 3.07. The Balaban J connectivity index is 1.30. The molecule has 1 N–H and O–H groups in total. The summed E-state index contributed by atoms with van der Waals surface area (Å²) in [7, 11) is 3.05. The predicted octanol–water partition coefficient (Wildman–Crippen LogP) is 2.48. The number of halogens is 1. The molecule has 0 aromatic heterocycles. The van der Waals surface area contributed by atoms with Crippen LogP contribution in [-0.2, 0) is 4.79 Å². The van der Waals surface area contributed by atoms with E-state index in [0.717, 1.165) is 4.90 Å². The number of hydrogen-bond acceptors (Lipinski definition) is 6. The van der Waals surface area contributed by atoms with E-state index in [0.29, 0.717) is 53.0 Å². The first-order chi connectivity index (χ1) is 16.3. The number of nitrogens with one attached hydrogen (secondary N) is 1. The summed E-state index contributed by atoms with van der Waals surface area (Å²) in [5.74, 6) is -0.451. The summed E-state index contributed by atoms with van der Waals surface area (Å²) in [6, 6.07) is 9.72. The fourth-order valence-electron chi connectivity index (χ4n) is 4.20. The van der Waals surface area contributed by atoms with Crippen LogP contribution in [0.25, 0.3) is 0 Å². The van der Waals surface area contributed by atoms with Crippen LogP contribution in [0.4, 0.5) is 0 Å². The van der Waals surface area contributed by atoms with E-state index in [1.807, 2.05) is 0 Å². The number of fused-ring (bicyclic) bond motifs is 1. The van der Waals surface area contributed by atoms with Crippen LogP contribution >= 0.6 is 15.9 Å². The van der Waals surface area contributed by atoms with Crippen LogP contribution in [0.1, 0.15) is 43.9 Å². The van der Waals surface area contributed by atoms with E-state index in [9.17, 15) is 19.2 Å². The van der Waals surface area contributed by atoms with E-state index in [-0.39, 0.29) is 24.1 Å². The number of piperidine rings is 1. The molecule has 0 aliphatic carbocycles. The van der Waals surface area contributed by atoms with E-state index in [1.54, 1.807) is 41.3 Å². The first-order valence-electron chi connectivity index (χ1n) is 10.8. The maximum atomic E-state index is 12.9. The molecule has 2 aliphatic heterocycles.